The highest BCUT2D eigenvalue weighted by molar-refractivity contribution is 7.80. The fourth-order valence-electron chi connectivity index (χ4n) is 0.994. The highest BCUT2D eigenvalue weighted by atomic mass is 32.1. The van der Waals surface area contributed by atoms with Crippen LogP contribution in [0.2, 0.25) is 0 Å². The van der Waals surface area contributed by atoms with Crippen molar-refractivity contribution in [1.82, 2.24) is 0 Å². The Bertz CT molecular complexity index is 335. The molecule has 0 aromatic heterocycles. The van der Waals surface area contributed by atoms with Crippen LogP contribution in [0.1, 0.15) is 10.4 Å². The van der Waals surface area contributed by atoms with Crippen molar-refractivity contribution in [3.05, 3.63) is 29.8 Å². The third-order valence-electron chi connectivity index (χ3n) is 1.55. The number of hydrogen-bond donors (Lipinski definition) is 2. The van der Waals surface area contributed by atoms with E-state index in [1.54, 1.807) is 0 Å². The van der Waals surface area contributed by atoms with Crippen molar-refractivity contribution in [3.8, 4) is 0 Å². The maximum atomic E-state index is 10.5. The largest absolute Gasteiger partial charge is 0.377 e. The fraction of sp³-hybridized carbons (Fsp3) is 0.200. The predicted octanol–water partition coefficient (Wildman–Crippen LogP) is 0.754. The molecule has 0 unspecified atom stereocenters. The van der Waals surface area contributed by atoms with Crippen molar-refractivity contribution in [2.75, 3.05) is 19.0 Å². The van der Waals surface area contributed by atoms with E-state index in [-0.39, 0.29) is 5.11 Å². The number of carbonyl (C=O) groups is 1. The molecular weight excluding hydrogens is 210 g/mol. The Morgan fingerprint density at radius 1 is 1.33 bits per heavy atom. The minimum absolute atomic E-state index is 0.000000000000000222. The lowest BCUT2D eigenvalue weighted by atomic mass is 10.2. The SMILES string of the molecule is CN(C)c1ccccc1C=O.NC(N)=S. The maximum absolute atomic E-state index is 10.5. The van der Waals surface area contributed by atoms with Crippen LogP contribution in [-0.4, -0.2) is 25.5 Å². The summed E-state index contributed by atoms with van der Waals surface area (Å²) < 4.78 is 0. The van der Waals surface area contributed by atoms with Crippen LogP contribution in [0.25, 0.3) is 0 Å². The average molecular weight is 225 g/mol. The summed E-state index contributed by atoms with van der Waals surface area (Å²) in [5, 5.41) is 0.000000000000000222. The number of para-hydroxylation sites is 1. The Hall–Kier alpha value is -1.62. The number of hydrogen-bond acceptors (Lipinski definition) is 3. The zero-order valence-corrected chi connectivity index (χ0v) is 9.62. The quantitative estimate of drug-likeness (QED) is 0.574. The van der Waals surface area contributed by atoms with Crippen molar-refractivity contribution >= 4 is 29.3 Å². The van der Waals surface area contributed by atoms with E-state index in [1.807, 2.05) is 43.3 Å². The lowest BCUT2D eigenvalue weighted by Gasteiger charge is -2.13. The first kappa shape index (κ1) is 13.4. The van der Waals surface area contributed by atoms with Crippen LogP contribution in [0.4, 0.5) is 5.69 Å². The molecule has 0 atom stereocenters. The molecule has 0 saturated heterocycles. The molecule has 15 heavy (non-hydrogen) atoms. The second-order valence-electron chi connectivity index (χ2n) is 2.97. The molecule has 4 N–H and O–H groups in total. The van der Waals surface area contributed by atoms with E-state index in [9.17, 15) is 4.79 Å². The number of nitrogens with two attached hydrogens (primary N) is 2. The summed E-state index contributed by atoms with van der Waals surface area (Å²) in [4.78, 5) is 12.4. The van der Waals surface area contributed by atoms with Gasteiger partial charge in [0.1, 0.15) is 0 Å². The van der Waals surface area contributed by atoms with Gasteiger partial charge in [0.05, 0.1) is 0 Å². The minimum atomic E-state index is 0.000000000000000222. The third kappa shape index (κ3) is 5.64. The smallest absolute Gasteiger partial charge is 0.160 e. The Balaban J connectivity index is 0.000000423. The summed E-state index contributed by atoms with van der Waals surface area (Å²) >= 11 is 4.09. The van der Waals surface area contributed by atoms with E-state index in [2.05, 4.69) is 23.7 Å². The van der Waals surface area contributed by atoms with Gasteiger partial charge in [-0.3, -0.25) is 4.79 Å². The molecule has 0 saturated carbocycles. The van der Waals surface area contributed by atoms with Crippen LogP contribution in [-0.2, 0) is 0 Å². The van der Waals surface area contributed by atoms with Crippen LogP contribution >= 0.6 is 12.2 Å². The highest BCUT2D eigenvalue weighted by Gasteiger charge is 1.99. The second-order valence-corrected chi connectivity index (χ2v) is 3.44. The molecule has 5 heteroatoms. The van der Waals surface area contributed by atoms with Crippen LogP contribution in [0, 0.1) is 0 Å². The molecule has 82 valence electrons. The standard InChI is InChI=1S/C9H11NO.CH4N2S/c1-10(2)9-6-4-3-5-8(9)7-11;2-1(3)4/h3-7H,1-2H3;(H4,2,3,4). The number of carbonyl (C=O) groups excluding carboxylic acids is 1. The lowest BCUT2D eigenvalue weighted by Crippen LogP contribution is -2.18. The molecule has 0 bridgehead atoms. The van der Waals surface area contributed by atoms with Crippen molar-refractivity contribution in [2.24, 2.45) is 11.5 Å². The van der Waals surface area contributed by atoms with Gasteiger partial charge in [-0.15, -0.1) is 0 Å². The van der Waals surface area contributed by atoms with Gasteiger partial charge in [-0.2, -0.15) is 0 Å². The molecule has 0 spiro atoms. The summed E-state index contributed by atoms with van der Waals surface area (Å²) in [6.45, 7) is 0. The number of thiocarbonyl (C=S) groups is 1. The minimum Gasteiger partial charge on any atom is -0.377 e. The molecule has 0 amide bonds. The molecule has 0 radical (unpaired) electrons. The van der Waals surface area contributed by atoms with Gasteiger partial charge in [0.2, 0.25) is 0 Å². The zero-order valence-electron chi connectivity index (χ0n) is 8.81. The molecule has 1 aromatic rings. The first-order valence-corrected chi connectivity index (χ1v) is 4.66. The van der Waals surface area contributed by atoms with Gasteiger partial charge >= 0.3 is 0 Å². The zero-order chi connectivity index (χ0) is 11.8. The summed E-state index contributed by atoms with van der Waals surface area (Å²) in [7, 11) is 3.84. The Morgan fingerprint density at radius 2 is 1.80 bits per heavy atom. The highest BCUT2D eigenvalue weighted by Crippen LogP contribution is 2.14. The Labute approximate surface area is 94.9 Å². The number of rotatable bonds is 2. The van der Waals surface area contributed by atoms with Crippen molar-refractivity contribution < 1.29 is 4.79 Å². The van der Waals surface area contributed by atoms with E-state index in [0.29, 0.717) is 0 Å². The van der Waals surface area contributed by atoms with Crippen LogP contribution < -0.4 is 16.4 Å². The number of benzene rings is 1. The molecular formula is C10H15N3OS. The molecule has 0 aliphatic carbocycles. The first-order chi connectivity index (χ1) is 6.99. The van der Waals surface area contributed by atoms with Crippen molar-refractivity contribution in [2.45, 2.75) is 0 Å². The Morgan fingerprint density at radius 3 is 2.13 bits per heavy atom. The molecule has 0 aliphatic heterocycles. The van der Waals surface area contributed by atoms with Gasteiger partial charge in [0.25, 0.3) is 0 Å². The van der Waals surface area contributed by atoms with Gasteiger partial charge in [0.15, 0.2) is 11.4 Å². The second kappa shape index (κ2) is 6.78. The van der Waals surface area contributed by atoms with E-state index < -0.39 is 0 Å². The van der Waals surface area contributed by atoms with Gasteiger partial charge in [-0.1, -0.05) is 12.1 Å². The topological polar surface area (TPSA) is 72.3 Å². The van der Waals surface area contributed by atoms with Gasteiger partial charge in [-0.25, -0.2) is 0 Å². The van der Waals surface area contributed by atoms with E-state index >= 15 is 0 Å². The number of anilines is 1. The van der Waals surface area contributed by atoms with Crippen LogP contribution in [0.3, 0.4) is 0 Å². The van der Waals surface area contributed by atoms with Crippen molar-refractivity contribution in [3.63, 3.8) is 0 Å². The van der Waals surface area contributed by atoms with Gasteiger partial charge in [0, 0.05) is 25.3 Å². The van der Waals surface area contributed by atoms with Gasteiger partial charge < -0.3 is 16.4 Å². The fourth-order valence-corrected chi connectivity index (χ4v) is 0.994. The number of nitrogens with zero attached hydrogens (tertiary/aromatic N) is 1. The van der Waals surface area contributed by atoms with Crippen molar-refractivity contribution in [1.29, 1.82) is 0 Å². The maximum Gasteiger partial charge on any atom is 0.160 e. The Kier molecular flexibility index (Phi) is 6.05. The van der Waals surface area contributed by atoms with E-state index in [1.165, 1.54) is 0 Å². The summed E-state index contributed by atoms with van der Waals surface area (Å²) in [6.07, 6.45) is 0.870. The first-order valence-electron chi connectivity index (χ1n) is 4.25. The number of aldehydes is 1. The predicted molar refractivity (Wildman–Crippen MR) is 67.1 cm³/mol. The van der Waals surface area contributed by atoms with Gasteiger partial charge in [-0.05, 0) is 24.4 Å². The summed E-state index contributed by atoms with van der Waals surface area (Å²) in [5.41, 5.74) is 10.9. The molecule has 4 nitrogen and oxygen atoms in total. The summed E-state index contributed by atoms with van der Waals surface area (Å²) in [5.74, 6) is 0. The molecule has 0 aliphatic rings. The average Bonchev–Trinajstić information content (AvgIpc) is 2.16. The van der Waals surface area contributed by atoms with Crippen LogP contribution in [0.15, 0.2) is 24.3 Å². The third-order valence-corrected chi connectivity index (χ3v) is 1.55. The molecule has 0 fully saturated rings. The molecule has 1 aromatic carbocycles. The summed E-state index contributed by atoms with van der Waals surface area (Å²) in [6, 6.07) is 7.51. The normalized spacial score (nSPS) is 8.40. The lowest BCUT2D eigenvalue weighted by molar-refractivity contribution is 0.112. The molecule has 0 heterocycles. The van der Waals surface area contributed by atoms with E-state index in [0.717, 1.165) is 17.5 Å². The molecule has 1 rings (SSSR count). The van der Waals surface area contributed by atoms with Crippen LogP contribution in [0.5, 0.6) is 0 Å². The van der Waals surface area contributed by atoms with E-state index in [4.69, 9.17) is 0 Å². The monoisotopic (exact) mass is 225 g/mol.